The predicted octanol–water partition coefficient (Wildman–Crippen LogP) is 2.34. The molecule has 0 aromatic heterocycles. The highest BCUT2D eigenvalue weighted by Crippen LogP contribution is 2.22. The van der Waals surface area contributed by atoms with E-state index in [4.69, 9.17) is 0 Å². The van der Waals surface area contributed by atoms with Gasteiger partial charge in [0.2, 0.25) is 0 Å². The van der Waals surface area contributed by atoms with E-state index in [-0.39, 0.29) is 6.03 Å². The summed E-state index contributed by atoms with van der Waals surface area (Å²) < 4.78 is 10.9. The van der Waals surface area contributed by atoms with E-state index < -0.39 is 10.8 Å². The minimum absolute atomic E-state index is 0.276. The van der Waals surface area contributed by atoms with E-state index in [0.29, 0.717) is 12.3 Å². The molecule has 0 aliphatic heterocycles. The summed E-state index contributed by atoms with van der Waals surface area (Å²) in [4.78, 5) is 11.7. The lowest BCUT2D eigenvalue weighted by Crippen LogP contribution is -2.31. The fraction of sp³-hybridized carbons (Fsp3) is 0.214. The summed E-state index contributed by atoms with van der Waals surface area (Å²) in [5.41, 5.74) is 0.772. The number of urea groups is 1. The van der Waals surface area contributed by atoms with Gasteiger partial charge in [-0.15, -0.1) is 0 Å². The Morgan fingerprint density at radius 3 is 2.68 bits per heavy atom. The number of fused-ring (bicyclic) bond motifs is 1. The summed E-state index contributed by atoms with van der Waals surface area (Å²) in [5.74, 6) is 0.461. The first-order valence-corrected chi connectivity index (χ1v) is 7.72. The normalized spacial score (nSPS) is 12.1. The molecular formula is C14H16N2O2S. The average Bonchev–Trinajstić information content (AvgIpc) is 2.39. The van der Waals surface area contributed by atoms with Gasteiger partial charge < -0.3 is 10.6 Å². The van der Waals surface area contributed by atoms with Crippen LogP contribution in [0.4, 0.5) is 10.5 Å². The van der Waals surface area contributed by atoms with Gasteiger partial charge in [-0.1, -0.05) is 36.4 Å². The number of hydrogen-bond donors (Lipinski definition) is 2. The first-order chi connectivity index (χ1) is 9.16. The Morgan fingerprint density at radius 2 is 1.89 bits per heavy atom. The van der Waals surface area contributed by atoms with Crippen molar-refractivity contribution in [2.45, 2.75) is 0 Å². The van der Waals surface area contributed by atoms with Crippen LogP contribution in [0.5, 0.6) is 0 Å². The van der Waals surface area contributed by atoms with Gasteiger partial charge in [0.15, 0.2) is 0 Å². The second-order valence-electron chi connectivity index (χ2n) is 4.18. The molecule has 1 unspecified atom stereocenters. The average molecular weight is 276 g/mol. The third kappa shape index (κ3) is 3.79. The highest BCUT2D eigenvalue weighted by molar-refractivity contribution is 7.84. The lowest BCUT2D eigenvalue weighted by atomic mass is 10.1. The van der Waals surface area contributed by atoms with Crippen LogP contribution in [-0.4, -0.2) is 28.8 Å². The van der Waals surface area contributed by atoms with Gasteiger partial charge in [-0.3, -0.25) is 4.21 Å². The van der Waals surface area contributed by atoms with Gasteiger partial charge in [-0.25, -0.2) is 4.79 Å². The lowest BCUT2D eigenvalue weighted by Gasteiger charge is -2.09. The fourth-order valence-electron chi connectivity index (χ4n) is 1.81. The van der Waals surface area contributed by atoms with Gasteiger partial charge in [0.25, 0.3) is 0 Å². The summed E-state index contributed by atoms with van der Waals surface area (Å²) in [5, 5.41) is 7.57. The molecule has 0 saturated heterocycles. The van der Waals surface area contributed by atoms with E-state index in [1.165, 1.54) is 0 Å². The van der Waals surface area contributed by atoms with Crippen LogP contribution in [0.3, 0.4) is 0 Å². The number of hydrogen-bond acceptors (Lipinski definition) is 2. The van der Waals surface area contributed by atoms with E-state index in [1.54, 1.807) is 6.26 Å². The highest BCUT2D eigenvalue weighted by atomic mass is 32.2. The molecule has 0 aliphatic carbocycles. The van der Waals surface area contributed by atoms with Gasteiger partial charge in [0.1, 0.15) is 0 Å². The number of nitrogens with one attached hydrogen (secondary N) is 2. The van der Waals surface area contributed by atoms with Crippen LogP contribution in [0.25, 0.3) is 10.8 Å². The summed E-state index contributed by atoms with van der Waals surface area (Å²) >= 11 is 0. The standard InChI is InChI=1S/C14H16N2O2S/c1-19(18)10-9-15-14(17)16-13-8-4-6-11-5-2-3-7-12(11)13/h2-8H,9-10H2,1H3,(H2,15,16,17). The molecule has 1 atom stereocenters. The molecule has 4 nitrogen and oxygen atoms in total. The Bertz CT molecular complexity index is 608. The van der Waals surface area contributed by atoms with E-state index in [9.17, 15) is 9.00 Å². The molecule has 2 aromatic carbocycles. The van der Waals surface area contributed by atoms with E-state index in [2.05, 4.69) is 10.6 Å². The monoisotopic (exact) mass is 276 g/mol. The van der Waals surface area contributed by atoms with Crippen molar-refractivity contribution in [3.8, 4) is 0 Å². The third-order valence-corrected chi connectivity index (χ3v) is 3.49. The molecule has 100 valence electrons. The first-order valence-electron chi connectivity index (χ1n) is 5.99. The van der Waals surface area contributed by atoms with E-state index >= 15 is 0 Å². The van der Waals surface area contributed by atoms with Gasteiger partial charge in [-0.2, -0.15) is 0 Å². The molecule has 2 amide bonds. The third-order valence-electron chi connectivity index (χ3n) is 2.71. The highest BCUT2D eigenvalue weighted by Gasteiger charge is 2.04. The number of anilines is 1. The van der Waals surface area contributed by atoms with Crippen LogP contribution in [0.1, 0.15) is 0 Å². The zero-order valence-electron chi connectivity index (χ0n) is 10.7. The topological polar surface area (TPSA) is 58.2 Å². The van der Waals surface area contributed by atoms with Crippen molar-refractivity contribution in [1.29, 1.82) is 0 Å². The number of carbonyl (C=O) groups excluding carboxylic acids is 1. The number of carbonyl (C=O) groups is 1. The molecule has 0 bridgehead atoms. The van der Waals surface area contributed by atoms with Crippen molar-refractivity contribution in [1.82, 2.24) is 5.32 Å². The Hall–Kier alpha value is -1.88. The SMILES string of the molecule is CS(=O)CCNC(=O)Nc1cccc2ccccc12. The van der Waals surface area contributed by atoms with E-state index in [0.717, 1.165) is 16.5 Å². The molecule has 0 saturated carbocycles. The van der Waals surface area contributed by atoms with Crippen molar-refractivity contribution in [3.63, 3.8) is 0 Å². The van der Waals surface area contributed by atoms with E-state index in [1.807, 2.05) is 42.5 Å². The molecule has 0 aliphatic rings. The lowest BCUT2D eigenvalue weighted by molar-refractivity contribution is 0.252. The first kappa shape index (κ1) is 13.5. The van der Waals surface area contributed by atoms with Crippen LogP contribution in [0.2, 0.25) is 0 Å². The minimum Gasteiger partial charge on any atom is -0.337 e. The maximum Gasteiger partial charge on any atom is 0.319 e. The molecule has 5 heteroatoms. The molecule has 19 heavy (non-hydrogen) atoms. The Morgan fingerprint density at radius 1 is 1.16 bits per heavy atom. The predicted molar refractivity (Wildman–Crippen MR) is 79.9 cm³/mol. The second kappa shape index (κ2) is 6.33. The van der Waals surface area contributed by atoms with Gasteiger partial charge in [-0.05, 0) is 11.5 Å². The fourth-order valence-corrected chi connectivity index (χ4v) is 2.20. The van der Waals surface area contributed by atoms with Crippen molar-refractivity contribution < 1.29 is 9.00 Å². The number of benzene rings is 2. The van der Waals surface area contributed by atoms with Crippen molar-refractivity contribution in [3.05, 3.63) is 42.5 Å². The van der Waals surface area contributed by atoms with Crippen LogP contribution in [0.15, 0.2) is 42.5 Å². The molecule has 2 aromatic rings. The summed E-state index contributed by atoms with van der Waals surface area (Å²) in [6, 6.07) is 13.3. The molecule has 0 spiro atoms. The van der Waals surface area contributed by atoms with Crippen molar-refractivity contribution in [2.75, 3.05) is 23.9 Å². The van der Waals surface area contributed by atoms with Crippen LogP contribution >= 0.6 is 0 Å². The zero-order valence-corrected chi connectivity index (χ0v) is 11.5. The van der Waals surface area contributed by atoms with Gasteiger partial charge >= 0.3 is 6.03 Å². The van der Waals surface area contributed by atoms with Gasteiger partial charge in [0.05, 0.1) is 5.69 Å². The van der Waals surface area contributed by atoms with Gasteiger partial charge in [0, 0.05) is 34.7 Å². The number of amides is 2. The molecular weight excluding hydrogens is 260 g/mol. The summed E-state index contributed by atoms with van der Waals surface area (Å²) in [6.45, 7) is 0.402. The van der Waals surface area contributed by atoms with Crippen LogP contribution < -0.4 is 10.6 Å². The van der Waals surface area contributed by atoms with Crippen molar-refractivity contribution in [2.24, 2.45) is 0 Å². The maximum atomic E-state index is 11.7. The minimum atomic E-state index is -0.893. The van der Waals surface area contributed by atoms with Crippen LogP contribution in [0, 0.1) is 0 Å². The molecule has 0 heterocycles. The smallest absolute Gasteiger partial charge is 0.319 e. The molecule has 0 fully saturated rings. The Kier molecular flexibility index (Phi) is 4.52. The summed E-state index contributed by atoms with van der Waals surface area (Å²) in [7, 11) is -0.893. The largest absolute Gasteiger partial charge is 0.337 e. The van der Waals surface area contributed by atoms with Crippen LogP contribution in [-0.2, 0) is 10.8 Å². The molecule has 2 rings (SSSR count). The Balaban J connectivity index is 2.05. The maximum absolute atomic E-state index is 11.7. The second-order valence-corrected chi connectivity index (χ2v) is 5.74. The van der Waals surface area contributed by atoms with Crippen molar-refractivity contribution >= 4 is 33.3 Å². The Labute approximate surface area is 114 Å². The summed E-state index contributed by atoms with van der Waals surface area (Å²) in [6.07, 6.45) is 1.62. The zero-order chi connectivity index (χ0) is 13.7. The molecule has 0 radical (unpaired) electrons. The number of rotatable bonds is 4. The quantitative estimate of drug-likeness (QED) is 0.900. The molecule has 2 N–H and O–H groups in total.